The molecule has 1 heterocycles. The van der Waals surface area contributed by atoms with Gasteiger partial charge in [0.15, 0.2) is 0 Å². The second-order valence-corrected chi connectivity index (χ2v) is 23.6. The second-order valence-electron chi connectivity index (χ2n) is 22.2. The Labute approximate surface area is 449 Å². The Hall–Kier alpha value is -4.59. The molecular weight excluding hydrogens is 897 g/mol. The predicted octanol–water partition coefficient (Wildman–Crippen LogP) is 21.6. The number of hydrogen-bond acceptors (Lipinski definition) is 1. The summed E-state index contributed by atoms with van der Waals surface area (Å²) < 4.78 is -0.572. The van der Waals surface area contributed by atoms with Crippen molar-refractivity contribution in [1.29, 1.82) is 0 Å². The molecule has 1 saturated heterocycles. The lowest BCUT2D eigenvalue weighted by molar-refractivity contribution is 0.607. The molecule has 73 heavy (non-hydrogen) atoms. The van der Waals surface area contributed by atoms with Gasteiger partial charge in [0.2, 0.25) is 0 Å². The van der Waals surface area contributed by atoms with Crippen LogP contribution < -0.4 is 0 Å². The van der Waals surface area contributed by atoms with E-state index in [0.717, 1.165) is 25.7 Å². The Morgan fingerprint density at radius 3 is 0.918 bits per heavy atom. The molecule has 1 spiro atoms. The number of aryl methyl sites for hydroxylation is 4. The molecule has 0 nitrogen and oxygen atoms in total. The van der Waals surface area contributed by atoms with E-state index in [9.17, 15) is 0 Å². The zero-order chi connectivity index (χ0) is 50.6. The van der Waals surface area contributed by atoms with E-state index < -0.39 is 0 Å². The van der Waals surface area contributed by atoms with Gasteiger partial charge in [0.1, 0.15) is 0 Å². The highest BCUT2D eigenvalue weighted by Gasteiger charge is 2.74. The highest BCUT2D eigenvalue weighted by atomic mass is 32.2. The number of thioether (sulfide) groups is 1. The Balaban J connectivity index is 1.20. The minimum atomic E-state index is -0.293. The fraction of sp³-hybridized carbons (Fsp3) is 0.472. The monoisotopic (exact) mass is 989 g/mol. The predicted molar refractivity (Wildman–Crippen MR) is 321 cm³/mol. The van der Waals surface area contributed by atoms with Crippen LogP contribution in [-0.4, -0.2) is 0 Å². The van der Waals surface area contributed by atoms with Crippen molar-refractivity contribution in [3.8, 4) is 0 Å². The summed E-state index contributed by atoms with van der Waals surface area (Å²) in [6.45, 7) is 9.24. The van der Waals surface area contributed by atoms with Gasteiger partial charge in [-0.15, -0.1) is 11.8 Å². The molecule has 386 valence electrons. The first-order valence-electron chi connectivity index (χ1n) is 30.1. The van der Waals surface area contributed by atoms with Crippen LogP contribution >= 0.6 is 11.8 Å². The van der Waals surface area contributed by atoms with Crippen molar-refractivity contribution in [3.63, 3.8) is 0 Å². The third-order valence-electron chi connectivity index (χ3n) is 16.6. The number of fused-ring (bicyclic) bond motifs is 4. The smallest absolute Gasteiger partial charge is 0.0911 e. The van der Waals surface area contributed by atoms with E-state index in [1.165, 1.54) is 232 Å². The Bertz CT molecular complexity index is 2400. The number of rotatable bonds is 32. The molecule has 1 fully saturated rings. The number of benzene rings is 6. The fourth-order valence-corrected chi connectivity index (χ4v) is 14.3. The minimum Gasteiger partial charge on any atom is -0.124 e. The first-order valence-corrected chi connectivity index (χ1v) is 30.9. The van der Waals surface area contributed by atoms with E-state index >= 15 is 0 Å². The fourth-order valence-electron chi connectivity index (χ4n) is 12.3. The van der Waals surface area contributed by atoms with Crippen molar-refractivity contribution in [2.45, 2.75) is 217 Å². The van der Waals surface area contributed by atoms with Gasteiger partial charge in [0.25, 0.3) is 0 Å². The lowest BCUT2D eigenvalue weighted by Gasteiger charge is -2.35. The third-order valence-corrected chi connectivity index (χ3v) is 18.6. The highest BCUT2D eigenvalue weighted by molar-refractivity contribution is 8.09. The van der Waals surface area contributed by atoms with Gasteiger partial charge in [0.05, 0.1) is 9.49 Å². The SMILES string of the molecule is CCCCCCCCc1ccc(C(=C2c3ccccc3C3(SC3(c3ccc(CCCCCCCC)cc3)c3ccc(CCCCCCCC)cc3)c3ccccc32)c2ccc(CCCCCCCC)cc2)cc1. The zero-order valence-corrected chi connectivity index (χ0v) is 46.9. The standard InChI is InChI=1S/C72H92S/c1-5-9-13-17-21-25-33-57-41-49-61(50-42-57)69(62-51-43-58(44-52-62)34-26-22-18-14-10-6-2)70-65-37-29-31-39-67(65)72(68-40-32-30-38-66(68)70)71(73-72,63-53-45-59(46-54-63)35-27-23-19-15-11-7-3)64-55-47-60(48-56-64)36-28-24-20-16-12-8-4/h29-32,37-56H,5-28,33-36H2,1-4H3. The van der Waals surface area contributed by atoms with Crippen LogP contribution in [0, 0.1) is 0 Å². The zero-order valence-electron chi connectivity index (χ0n) is 46.1. The summed E-state index contributed by atoms with van der Waals surface area (Å²) in [5.41, 5.74) is 19.7. The Morgan fingerprint density at radius 2 is 0.589 bits per heavy atom. The molecule has 0 unspecified atom stereocenters. The van der Waals surface area contributed by atoms with Crippen LogP contribution in [0.5, 0.6) is 0 Å². The molecule has 8 rings (SSSR count). The van der Waals surface area contributed by atoms with E-state index in [1.54, 1.807) is 0 Å². The molecule has 1 heteroatoms. The topological polar surface area (TPSA) is 0 Å². The van der Waals surface area contributed by atoms with E-state index in [4.69, 9.17) is 0 Å². The molecule has 1 aliphatic carbocycles. The van der Waals surface area contributed by atoms with Crippen molar-refractivity contribution in [2.24, 2.45) is 0 Å². The van der Waals surface area contributed by atoms with Crippen LogP contribution in [0.2, 0.25) is 0 Å². The van der Waals surface area contributed by atoms with Crippen molar-refractivity contribution in [1.82, 2.24) is 0 Å². The molecule has 1 aliphatic heterocycles. The van der Waals surface area contributed by atoms with Crippen LogP contribution in [0.15, 0.2) is 146 Å². The van der Waals surface area contributed by atoms with Crippen LogP contribution in [0.3, 0.4) is 0 Å². The van der Waals surface area contributed by atoms with Gasteiger partial charge < -0.3 is 0 Å². The number of hydrogen-bond donors (Lipinski definition) is 0. The maximum atomic E-state index is 2.51. The molecule has 6 aromatic carbocycles. The lowest BCUT2D eigenvalue weighted by atomic mass is 9.65. The van der Waals surface area contributed by atoms with Crippen molar-refractivity contribution in [2.75, 3.05) is 0 Å². The first kappa shape index (κ1) is 54.7. The molecule has 0 aromatic heterocycles. The summed E-state index contributed by atoms with van der Waals surface area (Å²) in [6.07, 6.45) is 36.5. The summed E-state index contributed by atoms with van der Waals surface area (Å²) in [5, 5.41) is 0. The van der Waals surface area contributed by atoms with Crippen molar-refractivity contribution in [3.05, 3.63) is 212 Å². The minimum absolute atomic E-state index is 0.279. The van der Waals surface area contributed by atoms with Gasteiger partial charge in [-0.05, 0) is 129 Å². The van der Waals surface area contributed by atoms with Gasteiger partial charge in [0, 0.05) is 0 Å². The average Bonchev–Trinajstić information content (AvgIpc) is 4.13. The van der Waals surface area contributed by atoms with Crippen LogP contribution in [0.1, 0.15) is 249 Å². The quantitative estimate of drug-likeness (QED) is 0.0300. The van der Waals surface area contributed by atoms with Gasteiger partial charge in [-0.2, -0.15) is 0 Å². The second kappa shape index (κ2) is 28.3. The molecule has 0 bridgehead atoms. The Morgan fingerprint density at radius 1 is 0.301 bits per heavy atom. The summed E-state index contributed by atoms with van der Waals surface area (Å²) >= 11 is 2.18. The molecule has 0 radical (unpaired) electrons. The van der Waals surface area contributed by atoms with Crippen LogP contribution in [0.25, 0.3) is 11.1 Å². The lowest BCUT2D eigenvalue weighted by Crippen LogP contribution is -2.30. The summed E-state index contributed by atoms with van der Waals surface area (Å²) in [6, 6.07) is 58.6. The molecule has 0 N–H and O–H groups in total. The van der Waals surface area contributed by atoms with Gasteiger partial charge in [-0.25, -0.2) is 0 Å². The average molecular weight is 990 g/mol. The van der Waals surface area contributed by atoms with Gasteiger partial charge in [-0.3, -0.25) is 0 Å². The van der Waals surface area contributed by atoms with Gasteiger partial charge in [-0.1, -0.05) is 302 Å². The van der Waals surface area contributed by atoms with Crippen LogP contribution in [-0.2, 0) is 35.2 Å². The Kier molecular flexibility index (Phi) is 21.2. The number of unbranched alkanes of at least 4 members (excludes halogenated alkanes) is 20. The first-order chi connectivity index (χ1) is 36.1. The molecule has 6 aromatic rings. The van der Waals surface area contributed by atoms with E-state index in [1.807, 2.05) is 0 Å². The maximum absolute atomic E-state index is 2.51. The molecular formula is C72H92S. The summed E-state index contributed by atoms with van der Waals surface area (Å²) in [4.78, 5) is 0. The summed E-state index contributed by atoms with van der Waals surface area (Å²) in [7, 11) is 0. The van der Waals surface area contributed by atoms with Crippen molar-refractivity contribution < 1.29 is 0 Å². The van der Waals surface area contributed by atoms with E-state index in [-0.39, 0.29) is 9.49 Å². The normalized spacial score (nSPS) is 15.4. The van der Waals surface area contributed by atoms with E-state index in [2.05, 4.69) is 185 Å². The highest BCUT2D eigenvalue weighted by Crippen LogP contribution is 2.83. The third kappa shape index (κ3) is 13.5. The van der Waals surface area contributed by atoms with Gasteiger partial charge >= 0.3 is 0 Å². The molecule has 0 saturated carbocycles. The summed E-state index contributed by atoms with van der Waals surface area (Å²) in [5.74, 6) is 0. The largest absolute Gasteiger partial charge is 0.124 e. The van der Waals surface area contributed by atoms with Crippen LogP contribution in [0.4, 0.5) is 0 Å². The van der Waals surface area contributed by atoms with E-state index in [0.29, 0.717) is 0 Å². The van der Waals surface area contributed by atoms with Crippen molar-refractivity contribution >= 4 is 22.9 Å². The molecule has 0 atom stereocenters. The molecule has 0 amide bonds. The molecule has 2 aliphatic rings. The maximum Gasteiger partial charge on any atom is 0.0911 e.